The van der Waals surface area contributed by atoms with Gasteiger partial charge in [0.25, 0.3) is 0 Å². The van der Waals surface area contributed by atoms with Crippen molar-refractivity contribution < 1.29 is 9.90 Å². The van der Waals surface area contributed by atoms with Crippen LogP contribution in [-0.4, -0.2) is 17.1 Å². The quantitative estimate of drug-likeness (QED) is 0.678. The average Bonchev–Trinajstić information content (AvgIpc) is 2.13. The van der Waals surface area contributed by atoms with Gasteiger partial charge in [-0.25, -0.2) is 0 Å². The van der Waals surface area contributed by atoms with Crippen LogP contribution in [0.3, 0.4) is 0 Å². The highest BCUT2D eigenvalue weighted by Crippen LogP contribution is 2.24. The molecule has 1 aromatic carbocycles. The van der Waals surface area contributed by atoms with Crippen molar-refractivity contribution in [3.8, 4) is 0 Å². The second-order valence-corrected chi connectivity index (χ2v) is 3.86. The van der Waals surface area contributed by atoms with E-state index in [2.05, 4.69) is 0 Å². The molecule has 0 saturated heterocycles. The second-order valence-electron chi connectivity index (χ2n) is 3.46. The SMILES string of the molecule is Cc1cc(CC(N)C(=O)O)cc(Cl)c1N. The number of carboxylic acid groups (broad SMARTS) is 1. The minimum Gasteiger partial charge on any atom is -0.480 e. The van der Waals surface area contributed by atoms with Crippen molar-refractivity contribution in [1.82, 2.24) is 0 Å². The van der Waals surface area contributed by atoms with Crippen molar-refractivity contribution in [2.45, 2.75) is 19.4 Å². The fourth-order valence-corrected chi connectivity index (χ4v) is 1.57. The molecule has 1 unspecified atom stereocenters. The molecule has 0 spiro atoms. The molecule has 0 saturated carbocycles. The van der Waals surface area contributed by atoms with E-state index in [9.17, 15) is 4.79 Å². The number of hydrogen-bond donors (Lipinski definition) is 3. The van der Waals surface area contributed by atoms with E-state index < -0.39 is 12.0 Å². The molecule has 0 aliphatic rings. The van der Waals surface area contributed by atoms with Crippen LogP contribution in [-0.2, 0) is 11.2 Å². The van der Waals surface area contributed by atoms with Crippen LogP contribution in [0.4, 0.5) is 5.69 Å². The van der Waals surface area contributed by atoms with Crippen LogP contribution in [0.5, 0.6) is 0 Å². The van der Waals surface area contributed by atoms with E-state index >= 15 is 0 Å². The maximum Gasteiger partial charge on any atom is 0.320 e. The van der Waals surface area contributed by atoms with Gasteiger partial charge in [0.05, 0.1) is 10.7 Å². The zero-order valence-electron chi connectivity index (χ0n) is 8.33. The maximum atomic E-state index is 10.6. The minimum atomic E-state index is -1.03. The van der Waals surface area contributed by atoms with Crippen molar-refractivity contribution >= 4 is 23.3 Å². The van der Waals surface area contributed by atoms with Crippen molar-refractivity contribution in [3.05, 3.63) is 28.3 Å². The largest absolute Gasteiger partial charge is 0.480 e. The van der Waals surface area contributed by atoms with Gasteiger partial charge in [-0.2, -0.15) is 0 Å². The molecular weight excluding hydrogens is 216 g/mol. The van der Waals surface area contributed by atoms with Crippen LogP contribution in [0.25, 0.3) is 0 Å². The molecule has 0 bridgehead atoms. The van der Waals surface area contributed by atoms with Crippen LogP contribution in [0.2, 0.25) is 5.02 Å². The number of aryl methyl sites for hydroxylation is 1. The van der Waals surface area contributed by atoms with E-state index in [1.165, 1.54) is 0 Å². The van der Waals surface area contributed by atoms with Gasteiger partial charge >= 0.3 is 5.97 Å². The summed E-state index contributed by atoms with van der Waals surface area (Å²) in [6.45, 7) is 1.82. The molecule has 1 rings (SSSR count). The third-order valence-electron chi connectivity index (χ3n) is 2.17. The molecule has 5 heteroatoms. The molecule has 0 aliphatic heterocycles. The Kier molecular flexibility index (Phi) is 3.55. The lowest BCUT2D eigenvalue weighted by Gasteiger charge is -2.10. The highest BCUT2D eigenvalue weighted by Gasteiger charge is 2.13. The highest BCUT2D eigenvalue weighted by molar-refractivity contribution is 6.33. The van der Waals surface area contributed by atoms with Gasteiger partial charge in [0, 0.05) is 0 Å². The van der Waals surface area contributed by atoms with Crippen molar-refractivity contribution in [1.29, 1.82) is 0 Å². The zero-order chi connectivity index (χ0) is 11.6. The first-order chi connectivity index (χ1) is 6.91. The molecule has 0 fully saturated rings. The van der Waals surface area contributed by atoms with Crippen molar-refractivity contribution in [3.63, 3.8) is 0 Å². The molecule has 82 valence electrons. The van der Waals surface area contributed by atoms with E-state index in [-0.39, 0.29) is 6.42 Å². The first-order valence-corrected chi connectivity index (χ1v) is 4.82. The Hall–Kier alpha value is -1.26. The Labute approximate surface area is 92.8 Å². The number of aliphatic carboxylic acids is 1. The molecule has 0 radical (unpaired) electrons. The summed E-state index contributed by atoms with van der Waals surface area (Å²) in [4.78, 5) is 10.6. The standard InChI is InChI=1S/C10H13ClN2O2/c1-5-2-6(3-7(11)9(5)13)4-8(12)10(14)15/h2-3,8H,4,12-13H2,1H3,(H,14,15). The van der Waals surface area contributed by atoms with Gasteiger partial charge in [0.2, 0.25) is 0 Å². The molecule has 0 aliphatic carbocycles. The van der Waals surface area contributed by atoms with Crippen LogP contribution in [0.1, 0.15) is 11.1 Å². The summed E-state index contributed by atoms with van der Waals surface area (Å²) in [5, 5.41) is 9.09. The third-order valence-corrected chi connectivity index (χ3v) is 2.48. The molecule has 0 heterocycles. The van der Waals surface area contributed by atoms with Crippen molar-refractivity contribution in [2.75, 3.05) is 5.73 Å². The summed E-state index contributed by atoms with van der Waals surface area (Å²) in [6.07, 6.45) is 0.246. The molecule has 1 atom stereocenters. The predicted octanol–water partition coefficient (Wildman–Crippen LogP) is 1.19. The number of anilines is 1. The number of rotatable bonds is 3. The highest BCUT2D eigenvalue weighted by atomic mass is 35.5. The summed E-state index contributed by atoms with van der Waals surface area (Å²) in [6, 6.07) is 2.53. The normalized spacial score (nSPS) is 12.5. The number of carbonyl (C=O) groups is 1. The van der Waals surface area contributed by atoms with Gasteiger partial charge in [-0.3, -0.25) is 4.79 Å². The lowest BCUT2D eigenvalue weighted by molar-refractivity contribution is -0.138. The Morgan fingerprint density at radius 2 is 2.20 bits per heavy atom. The van der Waals surface area contributed by atoms with Gasteiger partial charge < -0.3 is 16.6 Å². The van der Waals surface area contributed by atoms with E-state index in [0.717, 1.165) is 11.1 Å². The lowest BCUT2D eigenvalue weighted by Crippen LogP contribution is -2.32. The van der Waals surface area contributed by atoms with E-state index in [0.29, 0.717) is 10.7 Å². The molecule has 1 aromatic rings. The van der Waals surface area contributed by atoms with E-state index in [1.54, 1.807) is 12.1 Å². The first-order valence-electron chi connectivity index (χ1n) is 4.44. The number of benzene rings is 1. The van der Waals surface area contributed by atoms with Crippen LogP contribution < -0.4 is 11.5 Å². The van der Waals surface area contributed by atoms with Gasteiger partial charge in [-0.1, -0.05) is 17.7 Å². The van der Waals surface area contributed by atoms with Gasteiger partial charge in [0.1, 0.15) is 6.04 Å². The number of nitrogen functional groups attached to an aromatic ring is 1. The smallest absolute Gasteiger partial charge is 0.320 e. The van der Waals surface area contributed by atoms with E-state index in [1.807, 2.05) is 6.92 Å². The fraction of sp³-hybridized carbons (Fsp3) is 0.300. The molecule has 15 heavy (non-hydrogen) atoms. The summed E-state index contributed by atoms with van der Waals surface area (Å²) in [5.41, 5.74) is 13.2. The molecule has 0 aromatic heterocycles. The van der Waals surface area contributed by atoms with Crippen LogP contribution in [0, 0.1) is 6.92 Å². The van der Waals surface area contributed by atoms with Gasteiger partial charge in [-0.05, 0) is 30.5 Å². The average molecular weight is 229 g/mol. The monoisotopic (exact) mass is 228 g/mol. The third kappa shape index (κ3) is 2.84. The zero-order valence-corrected chi connectivity index (χ0v) is 9.08. The Morgan fingerprint density at radius 1 is 1.60 bits per heavy atom. The predicted molar refractivity (Wildman–Crippen MR) is 59.9 cm³/mol. The van der Waals surface area contributed by atoms with E-state index in [4.69, 9.17) is 28.2 Å². The Balaban J connectivity index is 2.92. The molecule has 4 nitrogen and oxygen atoms in total. The molecule has 5 N–H and O–H groups in total. The van der Waals surface area contributed by atoms with Crippen molar-refractivity contribution in [2.24, 2.45) is 5.73 Å². The Bertz CT molecular complexity index is 370. The van der Waals surface area contributed by atoms with Gasteiger partial charge in [0.15, 0.2) is 0 Å². The fourth-order valence-electron chi connectivity index (χ4n) is 1.29. The number of nitrogens with two attached hydrogens (primary N) is 2. The second kappa shape index (κ2) is 4.51. The Morgan fingerprint density at radius 3 is 2.67 bits per heavy atom. The minimum absolute atomic E-state index is 0.246. The number of carboxylic acids is 1. The van der Waals surface area contributed by atoms with Crippen LogP contribution in [0.15, 0.2) is 12.1 Å². The lowest BCUT2D eigenvalue weighted by atomic mass is 10.0. The summed E-state index contributed by atoms with van der Waals surface area (Å²) in [5.74, 6) is -1.03. The topological polar surface area (TPSA) is 89.3 Å². The summed E-state index contributed by atoms with van der Waals surface area (Å²) >= 11 is 5.87. The first kappa shape index (κ1) is 11.8. The maximum absolute atomic E-state index is 10.6. The molecular formula is C10H13ClN2O2. The molecule has 0 amide bonds. The number of hydrogen-bond acceptors (Lipinski definition) is 3. The van der Waals surface area contributed by atoms with Crippen LogP contribution >= 0.6 is 11.6 Å². The summed E-state index contributed by atoms with van der Waals surface area (Å²) < 4.78 is 0. The number of halogens is 1. The van der Waals surface area contributed by atoms with Gasteiger partial charge in [-0.15, -0.1) is 0 Å². The summed E-state index contributed by atoms with van der Waals surface area (Å²) in [7, 11) is 0.